The first-order chi connectivity index (χ1) is 7.81. The smallest absolute Gasteiger partial charge is 0.224 e. The number of H-pyrrole nitrogens is 1. The molecule has 2 aromatic rings. The van der Waals surface area contributed by atoms with Crippen LogP contribution in [-0.4, -0.2) is 27.8 Å². The van der Waals surface area contributed by atoms with Crippen LogP contribution in [0.3, 0.4) is 0 Å². The number of anilines is 1. The number of fused-ring (bicyclic) bond motifs is 1. The molecule has 0 unspecified atom stereocenters. The summed E-state index contributed by atoms with van der Waals surface area (Å²) in [5.41, 5.74) is 1.54. The van der Waals surface area contributed by atoms with Gasteiger partial charge in [0.15, 0.2) is 0 Å². The fourth-order valence-electron chi connectivity index (χ4n) is 1.53. The lowest BCUT2D eigenvalue weighted by atomic mass is 10.2. The van der Waals surface area contributed by atoms with Crippen LogP contribution in [0.4, 0.5) is 5.69 Å². The van der Waals surface area contributed by atoms with Crippen LogP contribution in [-0.2, 0) is 4.79 Å². The second kappa shape index (κ2) is 4.76. The summed E-state index contributed by atoms with van der Waals surface area (Å²) in [4.78, 5) is 11.5. The first kappa shape index (κ1) is 10.6. The fraction of sp³-hybridized carbons (Fsp3) is 0.273. The number of rotatable bonds is 4. The van der Waals surface area contributed by atoms with E-state index in [1.54, 1.807) is 6.20 Å². The van der Waals surface area contributed by atoms with E-state index in [4.69, 9.17) is 5.11 Å². The molecule has 1 aromatic carbocycles. The Hall–Kier alpha value is -1.88. The van der Waals surface area contributed by atoms with Gasteiger partial charge in [0.2, 0.25) is 5.91 Å². The predicted octanol–water partition coefficient (Wildman–Crippen LogP) is 1.27. The first-order valence-electron chi connectivity index (χ1n) is 5.14. The lowest BCUT2D eigenvalue weighted by Crippen LogP contribution is -2.12. The third-order valence-electron chi connectivity index (χ3n) is 2.31. The molecule has 2 rings (SSSR count). The number of aromatic nitrogens is 2. The maximum absolute atomic E-state index is 11.5. The van der Waals surface area contributed by atoms with E-state index < -0.39 is 0 Å². The van der Waals surface area contributed by atoms with Gasteiger partial charge in [-0.1, -0.05) is 12.1 Å². The average Bonchev–Trinajstić information content (AvgIpc) is 2.75. The Balaban J connectivity index is 2.14. The number of amides is 1. The van der Waals surface area contributed by atoms with Crippen LogP contribution in [0.2, 0.25) is 0 Å². The summed E-state index contributed by atoms with van der Waals surface area (Å²) in [6.45, 7) is 0.0294. The highest BCUT2D eigenvalue weighted by Gasteiger charge is 2.06. The lowest BCUT2D eigenvalue weighted by molar-refractivity contribution is -0.116. The predicted molar refractivity (Wildman–Crippen MR) is 61.0 cm³/mol. The van der Waals surface area contributed by atoms with E-state index in [9.17, 15) is 4.79 Å². The van der Waals surface area contributed by atoms with E-state index in [1.807, 2.05) is 18.2 Å². The molecule has 1 amide bonds. The van der Waals surface area contributed by atoms with Crippen molar-refractivity contribution >= 4 is 22.5 Å². The molecule has 16 heavy (non-hydrogen) atoms. The molecule has 1 aromatic heterocycles. The van der Waals surface area contributed by atoms with E-state index in [1.165, 1.54) is 0 Å². The summed E-state index contributed by atoms with van der Waals surface area (Å²) in [5.74, 6) is -0.101. The van der Waals surface area contributed by atoms with Gasteiger partial charge in [0.05, 0.1) is 17.4 Å². The zero-order chi connectivity index (χ0) is 11.4. The second-order valence-electron chi connectivity index (χ2n) is 3.52. The molecule has 5 nitrogen and oxygen atoms in total. The molecule has 0 saturated heterocycles. The molecular weight excluding hydrogens is 206 g/mol. The molecule has 0 aliphatic carbocycles. The van der Waals surface area contributed by atoms with Crippen LogP contribution in [0.25, 0.3) is 10.9 Å². The number of nitrogens with one attached hydrogen (secondary N) is 2. The van der Waals surface area contributed by atoms with Gasteiger partial charge < -0.3 is 10.4 Å². The molecule has 0 aliphatic rings. The highest BCUT2D eigenvalue weighted by molar-refractivity contribution is 6.00. The third kappa shape index (κ3) is 2.20. The summed E-state index contributed by atoms with van der Waals surface area (Å²) in [5, 5.41) is 19.1. The number of nitrogens with zero attached hydrogens (tertiary/aromatic N) is 1. The number of aliphatic hydroxyl groups excluding tert-OH is 1. The molecule has 0 spiro atoms. The summed E-state index contributed by atoms with van der Waals surface area (Å²) in [6, 6.07) is 5.60. The van der Waals surface area contributed by atoms with E-state index in [2.05, 4.69) is 15.5 Å². The zero-order valence-electron chi connectivity index (χ0n) is 8.73. The van der Waals surface area contributed by atoms with Gasteiger partial charge >= 0.3 is 0 Å². The van der Waals surface area contributed by atoms with Crippen LogP contribution >= 0.6 is 0 Å². The molecule has 3 N–H and O–H groups in total. The van der Waals surface area contributed by atoms with Gasteiger partial charge in [0.1, 0.15) is 0 Å². The molecule has 0 saturated carbocycles. The Morgan fingerprint density at radius 1 is 1.50 bits per heavy atom. The topological polar surface area (TPSA) is 78.0 Å². The van der Waals surface area contributed by atoms with Crippen LogP contribution in [0.15, 0.2) is 24.4 Å². The minimum Gasteiger partial charge on any atom is -0.396 e. The van der Waals surface area contributed by atoms with Crippen molar-refractivity contribution in [2.45, 2.75) is 12.8 Å². The van der Waals surface area contributed by atoms with Gasteiger partial charge in [-0.15, -0.1) is 0 Å². The monoisotopic (exact) mass is 219 g/mol. The molecule has 5 heteroatoms. The van der Waals surface area contributed by atoms with Gasteiger partial charge in [0.25, 0.3) is 0 Å². The Bertz CT molecular complexity index is 493. The van der Waals surface area contributed by atoms with Crippen molar-refractivity contribution in [2.75, 3.05) is 11.9 Å². The largest absolute Gasteiger partial charge is 0.396 e. The molecule has 0 bridgehead atoms. The molecule has 0 fully saturated rings. The first-order valence-corrected chi connectivity index (χ1v) is 5.14. The SMILES string of the molecule is O=C(CCCO)Nc1cccc2cn[nH]c12. The van der Waals surface area contributed by atoms with Crippen LogP contribution in [0.5, 0.6) is 0 Å². The second-order valence-corrected chi connectivity index (χ2v) is 3.52. The molecule has 1 heterocycles. The van der Waals surface area contributed by atoms with Crippen molar-refractivity contribution in [1.82, 2.24) is 10.2 Å². The van der Waals surface area contributed by atoms with E-state index in [0.717, 1.165) is 16.6 Å². The van der Waals surface area contributed by atoms with Gasteiger partial charge in [-0.25, -0.2) is 0 Å². The summed E-state index contributed by atoms with van der Waals surface area (Å²) < 4.78 is 0. The van der Waals surface area contributed by atoms with Crippen molar-refractivity contribution < 1.29 is 9.90 Å². The number of hydrogen-bond donors (Lipinski definition) is 3. The maximum atomic E-state index is 11.5. The lowest BCUT2D eigenvalue weighted by Gasteiger charge is -2.05. The van der Waals surface area contributed by atoms with Crippen molar-refractivity contribution in [1.29, 1.82) is 0 Å². The number of benzene rings is 1. The molecule has 0 atom stereocenters. The standard InChI is InChI=1S/C11H13N3O2/c15-6-2-5-10(16)13-9-4-1-3-8-7-12-14-11(8)9/h1,3-4,7,15H,2,5-6H2,(H,12,14)(H,13,16). The average molecular weight is 219 g/mol. The quantitative estimate of drug-likeness (QED) is 0.724. The van der Waals surface area contributed by atoms with Gasteiger partial charge in [0, 0.05) is 18.4 Å². The van der Waals surface area contributed by atoms with Gasteiger partial charge in [-0.3, -0.25) is 9.89 Å². The normalized spacial score (nSPS) is 10.6. The van der Waals surface area contributed by atoms with Gasteiger partial charge in [-0.05, 0) is 12.5 Å². The molecular formula is C11H13N3O2. The van der Waals surface area contributed by atoms with Crippen molar-refractivity contribution in [3.63, 3.8) is 0 Å². The number of hydrogen-bond acceptors (Lipinski definition) is 3. The van der Waals surface area contributed by atoms with Crippen LogP contribution < -0.4 is 5.32 Å². The van der Waals surface area contributed by atoms with Crippen LogP contribution in [0.1, 0.15) is 12.8 Å². The number of aromatic amines is 1. The highest BCUT2D eigenvalue weighted by atomic mass is 16.3. The maximum Gasteiger partial charge on any atom is 0.224 e. The zero-order valence-corrected chi connectivity index (χ0v) is 8.73. The molecule has 84 valence electrons. The number of para-hydroxylation sites is 1. The summed E-state index contributed by atoms with van der Waals surface area (Å²) >= 11 is 0. The van der Waals surface area contributed by atoms with Crippen molar-refractivity contribution in [3.05, 3.63) is 24.4 Å². The Kier molecular flexibility index (Phi) is 3.16. The minimum absolute atomic E-state index is 0.0294. The number of carbonyl (C=O) groups is 1. The van der Waals surface area contributed by atoms with Crippen LogP contribution in [0, 0.1) is 0 Å². The van der Waals surface area contributed by atoms with E-state index in [0.29, 0.717) is 12.8 Å². The van der Waals surface area contributed by atoms with Crippen molar-refractivity contribution in [3.8, 4) is 0 Å². The van der Waals surface area contributed by atoms with Crippen molar-refractivity contribution in [2.24, 2.45) is 0 Å². The van der Waals surface area contributed by atoms with E-state index >= 15 is 0 Å². The molecule has 0 aliphatic heterocycles. The minimum atomic E-state index is -0.101. The van der Waals surface area contributed by atoms with Gasteiger partial charge in [-0.2, -0.15) is 5.10 Å². The Morgan fingerprint density at radius 2 is 2.38 bits per heavy atom. The Labute approximate surface area is 92.5 Å². The Morgan fingerprint density at radius 3 is 3.19 bits per heavy atom. The summed E-state index contributed by atoms with van der Waals surface area (Å²) in [7, 11) is 0. The fourth-order valence-corrected chi connectivity index (χ4v) is 1.53. The highest BCUT2D eigenvalue weighted by Crippen LogP contribution is 2.20. The van der Waals surface area contributed by atoms with E-state index in [-0.39, 0.29) is 12.5 Å². The number of aliphatic hydroxyl groups is 1. The summed E-state index contributed by atoms with van der Waals surface area (Å²) in [6.07, 6.45) is 2.50. The number of carbonyl (C=O) groups excluding carboxylic acids is 1. The third-order valence-corrected chi connectivity index (χ3v) is 2.31. The molecule has 0 radical (unpaired) electrons.